The predicted molar refractivity (Wildman–Crippen MR) is 94.2 cm³/mol. The third-order valence-corrected chi connectivity index (χ3v) is 5.47. The van der Waals surface area contributed by atoms with Crippen LogP contribution in [-0.2, 0) is 4.79 Å². The van der Waals surface area contributed by atoms with Gasteiger partial charge >= 0.3 is 0 Å². The van der Waals surface area contributed by atoms with Crippen LogP contribution in [0.4, 0.5) is 0 Å². The topological polar surface area (TPSA) is 63.9 Å². The molecular weight excluding hydrogens is 322 g/mol. The van der Waals surface area contributed by atoms with E-state index in [4.69, 9.17) is 0 Å². The number of aryl methyl sites for hydroxylation is 1. The van der Waals surface area contributed by atoms with Crippen LogP contribution in [0.15, 0.2) is 29.4 Å². The molecule has 6 nitrogen and oxygen atoms in total. The summed E-state index contributed by atoms with van der Waals surface area (Å²) in [5.41, 5.74) is 2.09. The number of tetrazole rings is 1. The van der Waals surface area contributed by atoms with Gasteiger partial charge in [0.05, 0.1) is 10.9 Å². The average molecular weight is 345 g/mol. The lowest BCUT2D eigenvalue weighted by Crippen LogP contribution is -2.41. The molecule has 1 aromatic carbocycles. The van der Waals surface area contributed by atoms with Crippen molar-refractivity contribution in [2.75, 3.05) is 13.1 Å². The summed E-state index contributed by atoms with van der Waals surface area (Å²) in [4.78, 5) is 14.6. The molecule has 1 aliphatic rings. The van der Waals surface area contributed by atoms with Gasteiger partial charge in [-0.25, -0.2) is 0 Å². The van der Waals surface area contributed by atoms with E-state index in [0.717, 1.165) is 31.6 Å². The predicted octanol–water partition coefficient (Wildman–Crippen LogP) is 2.71. The third kappa shape index (κ3) is 3.77. The molecule has 0 bridgehead atoms. The molecule has 1 fully saturated rings. The zero-order chi connectivity index (χ0) is 17.1. The first-order valence-corrected chi connectivity index (χ1v) is 9.23. The molecule has 7 heteroatoms. The van der Waals surface area contributed by atoms with E-state index >= 15 is 0 Å². The molecule has 1 saturated heterocycles. The smallest absolute Gasteiger partial charge is 0.235 e. The SMILES string of the molecule is Cc1ccc(-n2nnnc2SC(C)C(=O)N2CCC(C)CC2)cc1. The standard InChI is InChI=1S/C17H23N5OS/c1-12-4-6-15(7-5-12)22-17(18-19-20-22)24-14(3)16(23)21-10-8-13(2)9-11-21/h4-7,13-14H,8-11H2,1-3H3. The van der Waals surface area contributed by atoms with Crippen LogP contribution in [-0.4, -0.2) is 49.4 Å². The van der Waals surface area contributed by atoms with Crippen LogP contribution in [0.25, 0.3) is 5.69 Å². The molecule has 1 unspecified atom stereocenters. The molecule has 24 heavy (non-hydrogen) atoms. The number of aromatic nitrogens is 4. The third-order valence-electron chi connectivity index (χ3n) is 4.44. The Balaban J connectivity index is 1.69. The van der Waals surface area contributed by atoms with E-state index in [0.29, 0.717) is 11.1 Å². The molecule has 0 N–H and O–H groups in total. The monoisotopic (exact) mass is 345 g/mol. The highest BCUT2D eigenvalue weighted by Gasteiger charge is 2.26. The maximum atomic E-state index is 12.7. The fourth-order valence-electron chi connectivity index (χ4n) is 2.80. The van der Waals surface area contributed by atoms with E-state index in [1.54, 1.807) is 4.68 Å². The van der Waals surface area contributed by atoms with Crippen LogP contribution in [0.3, 0.4) is 0 Å². The van der Waals surface area contributed by atoms with Gasteiger partial charge in [0.15, 0.2) is 0 Å². The second kappa shape index (κ2) is 7.34. The summed E-state index contributed by atoms with van der Waals surface area (Å²) < 4.78 is 1.69. The number of amides is 1. The maximum absolute atomic E-state index is 12.7. The number of piperidine rings is 1. The summed E-state index contributed by atoms with van der Waals surface area (Å²) in [6, 6.07) is 8.01. The maximum Gasteiger partial charge on any atom is 0.235 e. The first-order chi connectivity index (χ1) is 11.5. The lowest BCUT2D eigenvalue weighted by molar-refractivity contribution is -0.131. The number of hydrogen-bond donors (Lipinski definition) is 0. The normalized spacial score (nSPS) is 17.0. The quantitative estimate of drug-likeness (QED) is 0.797. The van der Waals surface area contributed by atoms with Crippen molar-refractivity contribution in [2.45, 2.75) is 44.0 Å². The lowest BCUT2D eigenvalue weighted by atomic mass is 9.99. The van der Waals surface area contributed by atoms with Gasteiger partial charge in [0.2, 0.25) is 11.1 Å². The number of thioether (sulfide) groups is 1. The highest BCUT2D eigenvalue weighted by atomic mass is 32.2. The van der Waals surface area contributed by atoms with Crippen LogP contribution >= 0.6 is 11.8 Å². The number of rotatable bonds is 4. The summed E-state index contributed by atoms with van der Waals surface area (Å²) in [6.07, 6.45) is 2.18. The van der Waals surface area contributed by atoms with Crippen LogP contribution < -0.4 is 0 Å². The van der Waals surface area contributed by atoms with Gasteiger partial charge in [0.1, 0.15) is 0 Å². The fraction of sp³-hybridized carbons (Fsp3) is 0.529. The molecule has 2 aromatic rings. The summed E-state index contributed by atoms with van der Waals surface area (Å²) in [7, 11) is 0. The lowest BCUT2D eigenvalue weighted by Gasteiger charge is -2.31. The van der Waals surface area contributed by atoms with Crippen molar-refractivity contribution in [1.29, 1.82) is 0 Å². The highest BCUT2D eigenvalue weighted by Crippen LogP contribution is 2.26. The van der Waals surface area contributed by atoms with Crippen molar-refractivity contribution < 1.29 is 4.79 Å². The largest absolute Gasteiger partial charge is 0.342 e. The minimum atomic E-state index is -0.200. The fourth-order valence-corrected chi connectivity index (χ4v) is 3.69. The van der Waals surface area contributed by atoms with E-state index in [-0.39, 0.29) is 11.2 Å². The molecule has 128 valence electrons. The van der Waals surface area contributed by atoms with Crippen molar-refractivity contribution >= 4 is 17.7 Å². The summed E-state index contributed by atoms with van der Waals surface area (Å²) in [6.45, 7) is 7.93. The molecule has 0 radical (unpaired) electrons. The zero-order valence-corrected chi connectivity index (χ0v) is 15.2. The Morgan fingerprint density at radius 1 is 1.25 bits per heavy atom. The molecule has 0 saturated carbocycles. The van der Waals surface area contributed by atoms with Crippen molar-refractivity contribution in [1.82, 2.24) is 25.1 Å². The first kappa shape index (κ1) is 17.0. The van der Waals surface area contributed by atoms with Gasteiger partial charge in [-0.2, -0.15) is 4.68 Å². The van der Waals surface area contributed by atoms with Crippen molar-refractivity contribution in [3.05, 3.63) is 29.8 Å². The Morgan fingerprint density at radius 2 is 1.92 bits per heavy atom. The number of nitrogens with zero attached hydrogens (tertiary/aromatic N) is 5. The Hall–Kier alpha value is -1.89. The Bertz CT molecular complexity index is 691. The molecule has 1 aliphatic heterocycles. The van der Waals surface area contributed by atoms with Crippen LogP contribution in [0.5, 0.6) is 0 Å². The van der Waals surface area contributed by atoms with E-state index in [1.165, 1.54) is 17.3 Å². The molecule has 0 spiro atoms. The van der Waals surface area contributed by atoms with Crippen LogP contribution in [0, 0.1) is 12.8 Å². The number of likely N-dealkylation sites (tertiary alicyclic amines) is 1. The first-order valence-electron chi connectivity index (χ1n) is 8.35. The van der Waals surface area contributed by atoms with Gasteiger partial charge in [0.25, 0.3) is 0 Å². The number of carbonyl (C=O) groups excluding carboxylic acids is 1. The van der Waals surface area contributed by atoms with Gasteiger partial charge in [-0.3, -0.25) is 4.79 Å². The molecule has 1 amide bonds. The molecule has 1 atom stereocenters. The molecule has 1 aromatic heterocycles. The second-order valence-electron chi connectivity index (χ2n) is 6.48. The van der Waals surface area contributed by atoms with E-state index in [9.17, 15) is 4.79 Å². The van der Waals surface area contributed by atoms with Crippen molar-refractivity contribution in [3.8, 4) is 5.69 Å². The minimum absolute atomic E-state index is 0.172. The summed E-state index contributed by atoms with van der Waals surface area (Å²) in [5.74, 6) is 0.885. The second-order valence-corrected chi connectivity index (χ2v) is 7.78. The zero-order valence-electron chi connectivity index (χ0n) is 14.3. The number of carbonyl (C=O) groups is 1. The Morgan fingerprint density at radius 3 is 2.58 bits per heavy atom. The Kier molecular flexibility index (Phi) is 5.18. The molecule has 2 heterocycles. The summed E-state index contributed by atoms with van der Waals surface area (Å²) in [5, 5.41) is 12.4. The van der Waals surface area contributed by atoms with Crippen molar-refractivity contribution in [2.24, 2.45) is 5.92 Å². The van der Waals surface area contributed by atoms with E-state index in [2.05, 4.69) is 22.4 Å². The van der Waals surface area contributed by atoms with Gasteiger partial charge in [-0.15, -0.1) is 5.10 Å². The van der Waals surface area contributed by atoms with Crippen molar-refractivity contribution in [3.63, 3.8) is 0 Å². The Labute approximate surface area is 146 Å². The number of hydrogen-bond acceptors (Lipinski definition) is 5. The van der Waals surface area contributed by atoms with Gasteiger partial charge in [-0.05, 0) is 55.2 Å². The van der Waals surface area contributed by atoms with E-state index in [1.807, 2.05) is 43.0 Å². The van der Waals surface area contributed by atoms with Crippen LogP contribution in [0.2, 0.25) is 0 Å². The van der Waals surface area contributed by atoms with Crippen LogP contribution in [0.1, 0.15) is 32.3 Å². The highest BCUT2D eigenvalue weighted by molar-refractivity contribution is 8.00. The molecular formula is C17H23N5OS. The minimum Gasteiger partial charge on any atom is -0.342 e. The van der Waals surface area contributed by atoms with Gasteiger partial charge in [0, 0.05) is 13.1 Å². The van der Waals surface area contributed by atoms with Gasteiger partial charge < -0.3 is 4.90 Å². The van der Waals surface area contributed by atoms with Gasteiger partial charge in [-0.1, -0.05) is 36.4 Å². The summed E-state index contributed by atoms with van der Waals surface area (Å²) >= 11 is 1.41. The molecule has 0 aliphatic carbocycles. The molecule has 3 rings (SSSR count). The average Bonchev–Trinajstić information content (AvgIpc) is 3.03. The van der Waals surface area contributed by atoms with E-state index < -0.39 is 0 Å². The number of benzene rings is 1.